The van der Waals surface area contributed by atoms with Gasteiger partial charge >= 0.3 is 5.69 Å². The molecule has 6 heteroatoms. The molecule has 100 valence electrons. The van der Waals surface area contributed by atoms with Crippen molar-refractivity contribution in [3.63, 3.8) is 0 Å². The maximum atomic E-state index is 12.0. The zero-order chi connectivity index (χ0) is 13.9. The Balaban J connectivity index is 3.47. The number of nitrogen functional groups attached to an aromatic ring is 1. The Morgan fingerprint density at radius 3 is 2.61 bits per heavy atom. The van der Waals surface area contributed by atoms with Crippen molar-refractivity contribution in [1.29, 1.82) is 0 Å². The van der Waals surface area contributed by atoms with Gasteiger partial charge in [-0.25, -0.2) is 4.79 Å². The molecule has 0 aliphatic rings. The molecule has 18 heavy (non-hydrogen) atoms. The van der Waals surface area contributed by atoms with Gasteiger partial charge in [-0.05, 0) is 13.3 Å². The van der Waals surface area contributed by atoms with Crippen molar-refractivity contribution in [2.24, 2.45) is 7.05 Å². The van der Waals surface area contributed by atoms with E-state index in [1.807, 2.05) is 13.8 Å². The van der Waals surface area contributed by atoms with Crippen molar-refractivity contribution in [3.05, 3.63) is 33.5 Å². The fraction of sp³-hybridized carbons (Fsp3) is 0.500. The van der Waals surface area contributed by atoms with Gasteiger partial charge in [0.2, 0.25) is 0 Å². The molecule has 1 aromatic rings. The van der Waals surface area contributed by atoms with Gasteiger partial charge in [-0.1, -0.05) is 13.0 Å². The molecule has 0 saturated heterocycles. The van der Waals surface area contributed by atoms with Gasteiger partial charge in [0.05, 0.1) is 0 Å². The third kappa shape index (κ3) is 2.47. The second-order valence-electron chi connectivity index (χ2n) is 4.23. The lowest BCUT2D eigenvalue weighted by Gasteiger charge is -2.17. The maximum absolute atomic E-state index is 12.0. The summed E-state index contributed by atoms with van der Waals surface area (Å²) in [5, 5.41) is 2.96. The van der Waals surface area contributed by atoms with Crippen molar-refractivity contribution in [1.82, 2.24) is 9.13 Å². The Kier molecular flexibility index (Phi) is 4.36. The minimum Gasteiger partial charge on any atom is -0.383 e. The van der Waals surface area contributed by atoms with Crippen LogP contribution in [0.15, 0.2) is 22.2 Å². The summed E-state index contributed by atoms with van der Waals surface area (Å²) in [4.78, 5) is 23.9. The third-order valence-electron chi connectivity index (χ3n) is 2.76. The van der Waals surface area contributed by atoms with E-state index in [0.717, 1.165) is 11.0 Å². The number of nitrogens with two attached hydrogens (primary N) is 1. The van der Waals surface area contributed by atoms with Gasteiger partial charge in [0.1, 0.15) is 11.5 Å². The molecule has 6 nitrogen and oxygen atoms in total. The van der Waals surface area contributed by atoms with Gasteiger partial charge in [0.15, 0.2) is 0 Å². The third-order valence-corrected chi connectivity index (χ3v) is 2.76. The second kappa shape index (κ2) is 5.57. The lowest BCUT2D eigenvalue weighted by Crippen LogP contribution is -2.41. The monoisotopic (exact) mass is 252 g/mol. The molecule has 0 saturated carbocycles. The van der Waals surface area contributed by atoms with E-state index in [2.05, 4.69) is 11.9 Å². The van der Waals surface area contributed by atoms with Gasteiger partial charge in [-0.2, -0.15) is 0 Å². The zero-order valence-corrected chi connectivity index (χ0v) is 11.1. The first kappa shape index (κ1) is 14.1. The highest BCUT2D eigenvalue weighted by Gasteiger charge is 2.15. The highest BCUT2D eigenvalue weighted by atomic mass is 16.2. The normalized spacial score (nSPS) is 12.2. The molecule has 0 aliphatic carbocycles. The quantitative estimate of drug-likeness (QED) is 0.749. The van der Waals surface area contributed by atoms with Gasteiger partial charge in [0, 0.05) is 19.6 Å². The van der Waals surface area contributed by atoms with Gasteiger partial charge in [-0.15, -0.1) is 6.58 Å². The molecular formula is C12H20N4O2. The van der Waals surface area contributed by atoms with E-state index in [0.29, 0.717) is 6.54 Å². The Bertz CT molecular complexity index is 556. The second-order valence-corrected chi connectivity index (χ2v) is 4.23. The number of nitrogens with one attached hydrogen (secondary N) is 1. The molecule has 0 aromatic carbocycles. The summed E-state index contributed by atoms with van der Waals surface area (Å²) in [6.07, 6.45) is 2.42. The Morgan fingerprint density at radius 2 is 2.11 bits per heavy atom. The Morgan fingerprint density at radius 1 is 1.50 bits per heavy atom. The van der Waals surface area contributed by atoms with E-state index in [1.165, 1.54) is 11.6 Å². The molecule has 1 atom stereocenters. The average Bonchev–Trinajstić information content (AvgIpc) is 2.37. The van der Waals surface area contributed by atoms with Gasteiger partial charge in [0.25, 0.3) is 5.56 Å². The van der Waals surface area contributed by atoms with Crippen molar-refractivity contribution in [3.8, 4) is 0 Å². The van der Waals surface area contributed by atoms with Crippen LogP contribution in [0.1, 0.15) is 20.3 Å². The summed E-state index contributed by atoms with van der Waals surface area (Å²) < 4.78 is 2.46. The molecule has 0 radical (unpaired) electrons. The molecule has 0 aliphatic heterocycles. The van der Waals surface area contributed by atoms with E-state index in [-0.39, 0.29) is 17.5 Å². The van der Waals surface area contributed by atoms with E-state index < -0.39 is 11.2 Å². The molecule has 0 amide bonds. The van der Waals surface area contributed by atoms with Crippen LogP contribution in [0.3, 0.4) is 0 Å². The number of hydrogen-bond acceptors (Lipinski definition) is 4. The number of rotatable bonds is 5. The zero-order valence-electron chi connectivity index (χ0n) is 11.1. The fourth-order valence-electron chi connectivity index (χ4n) is 1.65. The van der Waals surface area contributed by atoms with Crippen molar-refractivity contribution in [2.45, 2.75) is 32.9 Å². The first-order chi connectivity index (χ1) is 8.43. The number of nitrogens with zero attached hydrogens (tertiary/aromatic N) is 2. The minimum atomic E-state index is -0.418. The average molecular weight is 252 g/mol. The topological polar surface area (TPSA) is 82.0 Å². The fourth-order valence-corrected chi connectivity index (χ4v) is 1.65. The largest absolute Gasteiger partial charge is 0.383 e. The lowest BCUT2D eigenvalue weighted by molar-refractivity contribution is 0.600. The summed E-state index contributed by atoms with van der Waals surface area (Å²) in [5.74, 6) is 0.179. The van der Waals surface area contributed by atoms with Crippen LogP contribution in [0.5, 0.6) is 0 Å². The van der Waals surface area contributed by atoms with Gasteiger partial charge in [-0.3, -0.25) is 13.9 Å². The summed E-state index contributed by atoms with van der Waals surface area (Å²) in [6, 6.07) is -0.104. The van der Waals surface area contributed by atoms with Crippen molar-refractivity contribution >= 4 is 11.5 Å². The van der Waals surface area contributed by atoms with Crippen LogP contribution in [0, 0.1) is 0 Å². The van der Waals surface area contributed by atoms with Crippen LogP contribution in [-0.4, -0.2) is 15.2 Å². The molecule has 1 aromatic heterocycles. The lowest BCUT2D eigenvalue weighted by atomic mass is 10.3. The van der Waals surface area contributed by atoms with E-state index in [9.17, 15) is 9.59 Å². The maximum Gasteiger partial charge on any atom is 0.332 e. The first-order valence-corrected chi connectivity index (χ1v) is 5.92. The van der Waals surface area contributed by atoms with Crippen LogP contribution in [0.4, 0.5) is 11.5 Å². The summed E-state index contributed by atoms with van der Waals surface area (Å²) in [7, 11) is 1.44. The summed E-state index contributed by atoms with van der Waals surface area (Å²) >= 11 is 0. The minimum absolute atomic E-state index is 0.104. The molecular weight excluding hydrogens is 232 g/mol. The SMILES string of the molecule is C=CC(C)Nc1c(N)n(CCC)c(=O)n(C)c1=O. The predicted molar refractivity (Wildman–Crippen MR) is 73.9 cm³/mol. The smallest absolute Gasteiger partial charge is 0.332 e. The molecule has 1 heterocycles. The van der Waals surface area contributed by atoms with E-state index >= 15 is 0 Å². The van der Waals surface area contributed by atoms with Crippen molar-refractivity contribution < 1.29 is 0 Å². The Labute approximate surface area is 106 Å². The molecule has 1 unspecified atom stereocenters. The van der Waals surface area contributed by atoms with Crippen LogP contribution in [0.25, 0.3) is 0 Å². The standard InChI is InChI=1S/C12H20N4O2/c1-5-7-16-10(13)9(14-8(3)6-2)11(17)15(4)12(16)18/h6,8,14H,2,5,7,13H2,1,3-4H3. The molecule has 0 bridgehead atoms. The van der Waals surface area contributed by atoms with Crippen LogP contribution in [-0.2, 0) is 13.6 Å². The molecule has 1 rings (SSSR count). The van der Waals surface area contributed by atoms with E-state index in [4.69, 9.17) is 5.73 Å². The van der Waals surface area contributed by atoms with Crippen LogP contribution >= 0.6 is 0 Å². The number of anilines is 2. The molecule has 3 N–H and O–H groups in total. The first-order valence-electron chi connectivity index (χ1n) is 5.92. The van der Waals surface area contributed by atoms with Crippen LogP contribution in [0.2, 0.25) is 0 Å². The summed E-state index contributed by atoms with van der Waals surface area (Å²) in [5.41, 5.74) is 5.33. The van der Waals surface area contributed by atoms with E-state index in [1.54, 1.807) is 6.08 Å². The van der Waals surface area contributed by atoms with Crippen LogP contribution < -0.4 is 22.3 Å². The Hall–Kier alpha value is -1.98. The summed E-state index contributed by atoms with van der Waals surface area (Å²) in [6.45, 7) is 7.91. The number of aromatic nitrogens is 2. The highest BCUT2D eigenvalue weighted by molar-refractivity contribution is 5.61. The highest BCUT2D eigenvalue weighted by Crippen LogP contribution is 2.12. The van der Waals surface area contributed by atoms with Crippen molar-refractivity contribution in [2.75, 3.05) is 11.1 Å². The molecule has 0 spiro atoms. The predicted octanol–water partition coefficient (Wildman–Crippen LogP) is 0.526. The molecule has 0 fully saturated rings. The number of hydrogen-bond donors (Lipinski definition) is 2. The van der Waals surface area contributed by atoms with Gasteiger partial charge < -0.3 is 11.1 Å².